The summed E-state index contributed by atoms with van der Waals surface area (Å²) in [6.45, 7) is 1.18. The molecule has 0 radical (unpaired) electrons. The van der Waals surface area contributed by atoms with E-state index in [4.69, 9.17) is 11.6 Å². The van der Waals surface area contributed by atoms with E-state index in [9.17, 15) is 9.59 Å². The number of piperidine rings is 1. The van der Waals surface area contributed by atoms with Crippen molar-refractivity contribution in [1.29, 1.82) is 0 Å². The summed E-state index contributed by atoms with van der Waals surface area (Å²) in [4.78, 5) is 29.5. The molecule has 0 spiro atoms. The number of pyridine rings is 1. The van der Waals surface area contributed by atoms with Crippen LogP contribution in [0.1, 0.15) is 12.8 Å². The zero-order chi connectivity index (χ0) is 15.2. The number of nitrogen functional groups attached to an aromatic ring is 1. The quantitative estimate of drug-likeness (QED) is 0.312. The minimum Gasteiger partial charge on any atom is -0.397 e. The number of aromatic nitrogens is 1. The molecule has 0 aromatic carbocycles. The van der Waals surface area contributed by atoms with Crippen molar-refractivity contribution in [2.45, 2.75) is 17.9 Å². The fourth-order valence-electron chi connectivity index (χ4n) is 2.21. The Kier molecular flexibility index (Phi) is 5.40. The van der Waals surface area contributed by atoms with E-state index in [2.05, 4.69) is 10.4 Å². The number of amides is 2. The summed E-state index contributed by atoms with van der Waals surface area (Å²) in [5.74, 6) is 5.28. The van der Waals surface area contributed by atoms with Crippen molar-refractivity contribution in [3.8, 4) is 0 Å². The number of carbonyl (C=O) groups excluding carboxylic acids is 2. The van der Waals surface area contributed by atoms with Crippen molar-refractivity contribution in [2.24, 2.45) is 11.8 Å². The lowest BCUT2D eigenvalue weighted by Crippen LogP contribution is -2.45. The monoisotopic (exact) mass is 309 g/mol. The molecule has 2 amide bonds. The fourth-order valence-corrected chi connectivity index (χ4v) is 2.96. The highest BCUT2D eigenvalue weighted by atomic mass is 32.2. The Morgan fingerprint density at radius 2 is 2.10 bits per heavy atom. The van der Waals surface area contributed by atoms with Crippen LogP contribution in [0.3, 0.4) is 0 Å². The van der Waals surface area contributed by atoms with E-state index < -0.39 is 0 Å². The molecule has 8 heteroatoms. The maximum Gasteiger partial charge on any atom is 0.237 e. The van der Waals surface area contributed by atoms with E-state index in [0.717, 1.165) is 5.03 Å². The molecule has 114 valence electrons. The lowest BCUT2D eigenvalue weighted by Gasteiger charge is -2.30. The van der Waals surface area contributed by atoms with E-state index >= 15 is 0 Å². The highest BCUT2D eigenvalue weighted by molar-refractivity contribution is 7.99. The molecule has 0 atom stereocenters. The molecule has 0 bridgehead atoms. The first-order valence-electron chi connectivity index (χ1n) is 6.72. The van der Waals surface area contributed by atoms with Gasteiger partial charge in [0.15, 0.2) is 0 Å². The predicted molar refractivity (Wildman–Crippen MR) is 81.0 cm³/mol. The van der Waals surface area contributed by atoms with Crippen LogP contribution in [0.5, 0.6) is 0 Å². The van der Waals surface area contributed by atoms with Crippen molar-refractivity contribution in [2.75, 3.05) is 24.6 Å². The number of nitrogens with two attached hydrogens (primary N) is 2. The number of thioether (sulfide) groups is 1. The van der Waals surface area contributed by atoms with Crippen LogP contribution in [0, 0.1) is 5.92 Å². The number of carbonyl (C=O) groups is 2. The number of hydrazine groups is 1. The Hall–Kier alpha value is -1.80. The second-order valence-electron chi connectivity index (χ2n) is 4.88. The van der Waals surface area contributed by atoms with Crippen LogP contribution in [-0.4, -0.2) is 40.5 Å². The molecule has 2 heterocycles. The molecule has 1 saturated heterocycles. The molecule has 1 aliphatic rings. The molecule has 0 saturated carbocycles. The Morgan fingerprint density at radius 1 is 1.38 bits per heavy atom. The van der Waals surface area contributed by atoms with Gasteiger partial charge in [-0.1, -0.05) is 11.8 Å². The van der Waals surface area contributed by atoms with E-state index in [1.807, 2.05) is 0 Å². The summed E-state index contributed by atoms with van der Waals surface area (Å²) in [6, 6.07) is 3.56. The number of nitrogens with one attached hydrogen (secondary N) is 1. The van der Waals surface area contributed by atoms with E-state index in [1.54, 1.807) is 23.2 Å². The van der Waals surface area contributed by atoms with Crippen molar-refractivity contribution >= 4 is 29.3 Å². The van der Waals surface area contributed by atoms with E-state index in [0.29, 0.717) is 37.4 Å². The van der Waals surface area contributed by atoms with Crippen molar-refractivity contribution < 1.29 is 9.59 Å². The molecule has 1 aromatic rings. The SMILES string of the molecule is NNC(=O)C1CCN(C(=O)CSc2ccc(N)cn2)CC1. The maximum absolute atomic E-state index is 12.1. The maximum atomic E-state index is 12.1. The van der Waals surface area contributed by atoms with Crippen LogP contribution in [-0.2, 0) is 9.59 Å². The average Bonchev–Trinajstić information content (AvgIpc) is 2.53. The second kappa shape index (κ2) is 7.28. The molecule has 1 aliphatic heterocycles. The van der Waals surface area contributed by atoms with Gasteiger partial charge in [0.25, 0.3) is 0 Å². The first-order valence-corrected chi connectivity index (χ1v) is 7.71. The topological polar surface area (TPSA) is 114 Å². The van der Waals surface area contributed by atoms with Gasteiger partial charge in [0.2, 0.25) is 11.8 Å². The molecule has 0 aliphatic carbocycles. The third-order valence-electron chi connectivity index (χ3n) is 3.46. The van der Waals surface area contributed by atoms with E-state index in [-0.39, 0.29) is 17.7 Å². The average molecular weight is 309 g/mol. The van der Waals surface area contributed by atoms with Crippen molar-refractivity contribution in [1.82, 2.24) is 15.3 Å². The molecule has 2 rings (SSSR count). The zero-order valence-corrected chi connectivity index (χ0v) is 12.4. The van der Waals surface area contributed by atoms with Crippen LogP contribution in [0.4, 0.5) is 5.69 Å². The van der Waals surface area contributed by atoms with Crippen LogP contribution in [0.25, 0.3) is 0 Å². The van der Waals surface area contributed by atoms with Crippen molar-refractivity contribution in [3.63, 3.8) is 0 Å². The van der Waals surface area contributed by atoms with Gasteiger partial charge in [0.1, 0.15) is 0 Å². The molecule has 21 heavy (non-hydrogen) atoms. The molecule has 1 aromatic heterocycles. The summed E-state index contributed by atoms with van der Waals surface area (Å²) in [7, 11) is 0. The summed E-state index contributed by atoms with van der Waals surface area (Å²) < 4.78 is 0. The molecular weight excluding hydrogens is 290 g/mol. The minimum atomic E-state index is -0.150. The number of rotatable bonds is 4. The van der Waals surface area contributed by atoms with Gasteiger partial charge in [-0.2, -0.15) is 0 Å². The Bertz CT molecular complexity index is 500. The third kappa shape index (κ3) is 4.33. The lowest BCUT2D eigenvalue weighted by atomic mass is 9.96. The van der Waals surface area contributed by atoms with E-state index in [1.165, 1.54) is 11.8 Å². The molecule has 7 nitrogen and oxygen atoms in total. The van der Waals surface area contributed by atoms with Gasteiger partial charge < -0.3 is 10.6 Å². The highest BCUT2D eigenvalue weighted by Crippen LogP contribution is 2.20. The number of likely N-dealkylation sites (tertiary alicyclic amines) is 1. The Labute approximate surface area is 127 Å². The van der Waals surface area contributed by atoms with Crippen LogP contribution in [0.2, 0.25) is 0 Å². The molecule has 5 N–H and O–H groups in total. The van der Waals surface area contributed by atoms with Gasteiger partial charge in [-0.05, 0) is 25.0 Å². The molecule has 1 fully saturated rings. The fraction of sp³-hybridized carbons (Fsp3) is 0.462. The lowest BCUT2D eigenvalue weighted by molar-refractivity contribution is -0.133. The highest BCUT2D eigenvalue weighted by Gasteiger charge is 2.26. The summed E-state index contributed by atoms with van der Waals surface area (Å²) in [5.41, 5.74) is 8.33. The van der Waals surface area contributed by atoms with Crippen LogP contribution >= 0.6 is 11.8 Å². The molecular formula is C13H19N5O2S. The number of nitrogens with zero attached hydrogens (tertiary/aromatic N) is 2. The zero-order valence-electron chi connectivity index (χ0n) is 11.6. The van der Waals surface area contributed by atoms with Crippen LogP contribution < -0.4 is 17.0 Å². The summed E-state index contributed by atoms with van der Waals surface area (Å²) in [6.07, 6.45) is 2.88. The van der Waals surface area contributed by atoms with Gasteiger partial charge in [0.05, 0.1) is 22.7 Å². The summed E-state index contributed by atoms with van der Waals surface area (Å²) in [5, 5.41) is 0.773. The van der Waals surface area contributed by atoms with Gasteiger partial charge in [0, 0.05) is 19.0 Å². The number of hydrogen-bond acceptors (Lipinski definition) is 6. The number of hydrogen-bond donors (Lipinski definition) is 3. The predicted octanol–water partition coefficient (Wildman–Crippen LogP) is -0.0156. The Balaban J connectivity index is 1.77. The summed E-state index contributed by atoms with van der Waals surface area (Å²) >= 11 is 1.39. The van der Waals surface area contributed by atoms with Crippen molar-refractivity contribution in [3.05, 3.63) is 18.3 Å². The first-order chi connectivity index (χ1) is 10.1. The number of anilines is 1. The smallest absolute Gasteiger partial charge is 0.237 e. The van der Waals surface area contributed by atoms with Gasteiger partial charge in [-0.25, -0.2) is 10.8 Å². The van der Waals surface area contributed by atoms with Gasteiger partial charge >= 0.3 is 0 Å². The normalized spacial score (nSPS) is 15.8. The van der Waals surface area contributed by atoms with Crippen LogP contribution in [0.15, 0.2) is 23.4 Å². The molecule has 0 unspecified atom stereocenters. The largest absolute Gasteiger partial charge is 0.397 e. The standard InChI is InChI=1S/C13H19N5O2S/c14-10-1-2-11(16-7-10)21-8-12(19)18-5-3-9(4-6-18)13(20)17-15/h1-2,7,9H,3-6,8,14-15H2,(H,17,20). The van der Waals surface area contributed by atoms with Gasteiger partial charge in [-0.3, -0.25) is 15.0 Å². The first kappa shape index (κ1) is 15.6. The minimum absolute atomic E-state index is 0.0604. The second-order valence-corrected chi connectivity index (χ2v) is 5.88. The Morgan fingerprint density at radius 3 is 2.67 bits per heavy atom. The third-order valence-corrected chi connectivity index (χ3v) is 4.39. The van der Waals surface area contributed by atoms with Gasteiger partial charge in [-0.15, -0.1) is 0 Å².